The first-order valence-electron chi connectivity index (χ1n) is 8.00. The number of methoxy groups -OCH3 is 1. The van der Waals surface area contributed by atoms with Crippen LogP contribution in [0.2, 0.25) is 0 Å². The molecule has 0 aromatic heterocycles. The zero-order valence-electron chi connectivity index (χ0n) is 12.7. The third-order valence-electron chi connectivity index (χ3n) is 4.21. The number of carbonyl (C=O) groups excluding carboxylic acids is 1. The Morgan fingerprint density at radius 2 is 2.05 bits per heavy atom. The predicted octanol–water partition coefficient (Wildman–Crippen LogP) is 0.603. The van der Waals surface area contributed by atoms with Crippen molar-refractivity contribution in [3.8, 4) is 0 Å². The SMILES string of the molecule is COCCCNC(=O)CN(CC1CCNCC1)C1CC1. The molecule has 0 unspecified atom stereocenters. The molecule has 2 rings (SSSR count). The Labute approximate surface area is 122 Å². The van der Waals surface area contributed by atoms with Gasteiger partial charge in [0.2, 0.25) is 5.91 Å². The second-order valence-electron chi connectivity index (χ2n) is 6.05. The van der Waals surface area contributed by atoms with Crippen LogP contribution in [0.25, 0.3) is 0 Å². The molecule has 1 heterocycles. The fourth-order valence-electron chi connectivity index (χ4n) is 2.86. The van der Waals surface area contributed by atoms with E-state index in [1.807, 2.05) is 0 Å². The highest BCUT2D eigenvalue weighted by Crippen LogP contribution is 2.28. The number of nitrogens with one attached hydrogen (secondary N) is 2. The third-order valence-corrected chi connectivity index (χ3v) is 4.21. The lowest BCUT2D eigenvalue weighted by molar-refractivity contribution is -0.122. The lowest BCUT2D eigenvalue weighted by atomic mass is 9.97. The summed E-state index contributed by atoms with van der Waals surface area (Å²) in [5.41, 5.74) is 0. The third kappa shape index (κ3) is 5.77. The van der Waals surface area contributed by atoms with Gasteiger partial charge in [-0.2, -0.15) is 0 Å². The average Bonchev–Trinajstić information content (AvgIpc) is 3.29. The van der Waals surface area contributed by atoms with Crippen LogP contribution in [0.15, 0.2) is 0 Å². The summed E-state index contributed by atoms with van der Waals surface area (Å²) in [5, 5.41) is 6.40. The lowest BCUT2D eigenvalue weighted by Crippen LogP contribution is -2.43. The van der Waals surface area contributed by atoms with E-state index < -0.39 is 0 Å². The molecule has 5 heteroatoms. The molecular formula is C15H29N3O2. The zero-order valence-corrected chi connectivity index (χ0v) is 12.7. The van der Waals surface area contributed by atoms with Crippen molar-refractivity contribution in [2.45, 2.75) is 38.1 Å². The lowest BCUT2D eigenvalue weighted by Gasteiger charge is -2.29. The summed E-state index contributed by atoms with van der Waals surface area (Å²) in [4.78, 5) is 14.4. The van der Waals surface area contributed by atoms with Crippen molar-refractivity contribution in [1.29, 1.82) is 0 Å². The first-order chi connectivity index (χ1) is 9.79. The fourth-order valence-corrected chi connectivity index (χ4v) is 2.86. The molecule has 1 aliphatic heterocycles. The molecular weight excluding hydrogens is 254 g/mol. The maximum absolute atomic E-state index is 12.0. The maximum Gasteiger partial charge on any atom is 0.234 e. The maximum atomic E-state index is 12.0. The Morgan fingerprint density at radius 3 is 2.70 bits per heavy atom. The Kier molecular flexibility index (Phi) is 6.76. The molecule has 0 bridgehead atoms. The van der Waals surface area contributed by atoms with Crippen molar-refractivity contribution in [2.24, 2.45) is 5.92 Å². The number of nitrogens with zero attached hydrogens (tertiary/aromatic N) is 1. The van der Waals surface area contributed by atoms with Gasteiger partial charge in [0.25, 0.3) is 0 Å². The molecule has 1 saturated heterocycles. The summed E-state index contributed by atoms with van der Waals surface area (Å²) >= 11 is 0. The van der Waals surface area contributed by atoms with Gasteiger partial charge < -0.3 is 15.4 Å². The average molecular weight is 283 g/mol. The summed E-state index contributed by atoms with van der Waals surface area (Å²) in [6, 6.07) is 0.662. The Hall–Kier alpha value is -0.650. The molecule has 0 atom stereocenters. The Balaban J connectivity index is 1.67. The molecule has 5 nitrogen and oxygen atoms in total. The standard InChI is InChI=1S/C15H29N3O2/c1-20-10-2-7-17-15(19)12-18(14-3-4-14)11-13-5-8-16-9-6-13/h13-14,16H,2-12H2,1H3,(H,17,19). The van der Waals surface area contributed by atoms with E-state index in [2.05, 4.69) is 15.5 Å². The van der Waals surface area contributed by atoms with Gasteiger partial charge in [0, 0.05) is 32.8 Å². The number of amides is 1. The van der Waals surface area contributed by atoms with Gasteiger partial charge in [-0.05, 0) is 51.1 Å². The highest BCUT2D eigenvalue weighted by atomic mass is 16.5. The highest BCUT2D eigenvalue weighted by molar-refractivity contribution is 5.78. The van der Waals surface area contributed by atoms with Gasteiger partial charge in [0.1, 0.15) is 0 Å². The van der Waals surface area contributed by atoms with Crippen LogP contribution in [-0.2, 0) is 9.53 Å². The van der Waals surface area contributed by atoms with Crippen LogP contribution in [0.1, 0.15) is 32.1 Å². The van der Waals surface area contributed by atoms with Crippen molar-refractivity contribution in [3.63, 3.8) is 0 Å². The molecule has 116 valence electrons. The number of hydrogen-bond acceptors (Lipinski definition) is 4. The van der Waals surface area contributed by atoms with Gasteiger partial charge in [0.05, 0.1) is 6.54 Å². The molecule has 0 aromatic carbocycles. The molecule has 20 heavy (non-hydrogen) atoms. The second kappa shape index (κ2) is 8.60. The number of carbonyl (C=O) groups is 1. The van der Waals surface area contributed by atoms with Gasteiger partial charge in [-0.1, -0.05) is 0 Å². The van der Waals surface area contributed by atoms with Crippen LogP contribution in [0.5, 0.6) is 0 Å². The highest BCUT2D eigenvalue weighted by Gasteiger charge is 2.31. The van der Waals surface area contributed by atoms with Crippen LogP contribution in [-0.4, -0.2) is 63.3 Å². The van der Waals surface area contributed by atoms with Gasteiger partial charge in [-0.15, -0.1) is 0 Å². The minimum atomic E-state index is 0.168. The summed E-state index contributed by atoms with van der Waals surface area (Å²) in [7, 11) is 1.69. The van der Waals surface area contributed by atoms with Gasteiger partial charge in [0.15, 0.2) is 0 Å². The van der Waals surface area contributed by atoms with E-state index in [9.17, 15) is 4.79 Å². The van der Waals surface area contributed by atoms with E-state index >= 15 is 0 Å². The van der Waals surface area contributed by atoms with Gasteiger partial charge >= 0.3 is 0 Å². The van der Waals surface area contributed by atoms with Gasteiger partial charge in [-0.25, -0.2) is 0 Å². The van der Waals surface area contributed by atoms with Crippen LogP contribution >= 0.6 is 0 Å². The summed E-state index contributed by atoms with van der Waals surface area (Å²) < 4.78 is 4.99. The number of ether oxygens (including phenoxy) is 1. The van der Waals surface area contributed by atoms with Crippen LogP contribution < -0.4 is 10.6 Å². The van der Waals surface area contributed by atoms with Crippen LogP contribution in [0, 0.1) is 5.92 Å². The van der Waals surface area contributed by atoms with E-state index in [0.717, 1.165) is 38.5 Å². The molecule has 1 aliphatic carbocycles. The van der Waals surface area contributed by atoms with Crippen LogP contribution in [0.4, 0.5) is 0 Å². The molecule has 1 saturated carbocycles. The molecule has 2 aliphatic rings. The quantitative estimate of drug-likeness (QED) is 0.609. The molecule has 0 radical (unpaired) electrons. The summed E-state index contributed by atoms with van der Waals surface area (Å²) in [6.07, 6.45) is 5.92. The summed E-state index contributed by atoms with van der Waals surface area (Å²) in [6.45, 7) is 5.36. The van der Waals surface area contributed by atoms with E-state index in [4.69, 9.17) is 4.74 Å². The first kappa shape index (κ1) is 15.7. The summed E-state index contributed by atoms with van der Waals surface area (Å²) in [5.74, 6) is 0.931. The van der Waals surface area contributed by atoms with Crippen molar-refractivity contribution in [3.05, 3.63) is 0 Å². The van der Waals surface area contributed by atoms with E-state index in [1.165, 1.54) is 25.7 Å². The molecule has 2 fully saturated rings. The van der Waals surface area contributed by atoms with Crippen LogP contribution in [0.3, 0.4) is 0 Å². The minimum absolute atomic E-state index is 0.168. The number of hydrogen-bond donors (Lipinski definition) is 2. The smallest absolute Gasteiger partial charge is 0.234 e. The fraction of sp³-hybridized carbons (Fsp3) is 0.933. The van der Waals surface area contributed by atoms with E-state index in [-0.39, 0.29) is 5.91 Å². The first-order valence-corrected chi connectivity index (χ1v) is 8.00. The molecule has 0 aromatic rings. The largest absolute Gasteiger partial charge is 0.385 e. The molecule has 0 spiro atoms. The number of rotatable bonds is 9. The van der Waals surface area contributed by atoms with E-state index in [0.29, 0.717) is 19.2 Å². The second-order valence-corrected chi connectivity index (χ2v) is 6.05. The zero-order chi connectivity index (χ0) is 14.2. The topological polar surface area (TPSA) is 53.6 Å². The van der Waals surface area contributed by atoms with Crippen molar-refractivity contribution < 1.29 is 9.53 Å². The van der Waals surface area contributed by atoms with Crippen molar-refractivity contribution in [1.82, 2.24) is 15.5 Å². The Bertz CT molecular complexity index is 289. The van der Waals surface area contributed by atoms with E-state index in [1.54, 1.807) is 7.11 Å². The predicted molar refractivity (Wildman–Crippen MR) is 79.7 cm³/mol. The number of piperidine rings is 1. The van der Waals surface area contributed by atoms with Crippen molar-refractivity contribution >= 4 is 5.91 Å². The molecule has 2 N–H and O–H groups in total. The van der Waals surface area contributed by atoms with Crippen molar-refractivity contribution in [2.75, 3.05) is 46.4 Å². The minimum Gasteiger partial charge on any atom is -0.385 e. The normalized spacial score (nSPS) is 20.3. The molecule has 1 amide bonds. The van der Waals surface area contributed by atoms with Gasteiger partial charge in [-0.3, -0.25) is 9.69 Å². The monoisotopic (exact) mass is 283 g/mol. The Morgan fingerprint density at radius 1 is 1.30 bits per heavy atom.